The predicted octanol–water partition coefficient (Wildman–Crippen LogP) is 2.24. The van der Waals surface area contributed by atoms with E-state index >= 15 is 0 Å². The van der Waals surface area contributed by atoms with E-state index < -0.39 is 5.82 Å². The normalized spacial score (nSPS) is 11.0. The standard InChI is InChI=1S/C14H13FN4/c15-11-8-12(16)14-17-13(18-19(14)9-11)7-6-10-4-2-1-3-5-10/h1-5,8-9H,6-7,16H2. The number of aromatic nitrogens is 3. The number of hydrogen-bond acceptors (Lipinski definition) is 3. The fourth-order valence-electron chi connectivity index (χ4n) is 2.03. The molecule has 5 heteroatoms. The first-order chi connectivity index (χ1) is 9.22. The molecule has 0 saturated carbocycles. The van der Waals surface area contributed by atoms with E-state index in [0.717, 1.165) is 6.42 Å². The third-order valence-electron chi connectivity index (χ3n) is 2.95. The predicted molar refractivity (Wildman–Crippen MR) is 71.2 cm³/mol. The molecule has 3 rings (SSSR count). The minimum absolute atomic E-state index is 0.304. The van der Waals surface area contributed by atoms with Gasteiger partial charge in [-0.15, -0.1) is 0 Å². The van der Waals surface area contributed by atoms with Crippen molar-refractivity contribution < 1.29 is 4.39 Å². The van der Waals surface area contributed by atoms with Gasteiger partial charge in [0.25, 0.3) is 0 Å². The number of nitrogens with zero attached hydrogens (tertiary/aromatic N) is 3. The van der Waals surface area contributed by atoms with E-state index in [1.807, 2.05) is 18.2 Å². The van der Waals surface area contributed by atoms with Gasteiger partial charge in [0.2, 0.25) is 0 Å². The van der Waals surface area contributed by atoms with Gasteiger partial charge in [-0.3, -0.25) is 0 Å². The second kappa shape index (κ2) is 4.68. The smallest absolute Gasteiger partial charge is 0.178 e. The van der Waals surface area contributed by atoms with Crippen molar-refractivity contribution in [1.29, 1.82) is 0 Å². The summed E-state index contributed by atoms with van der Waals surface area (Å²) in [6.45, 7) is 0. The van der Waals surface area contributed by atoms with Crippen molar-refractivity contribution in [3.05, 3.63) is 59.8 Å². The number of benzene rings is 1. The van der Waals surface area contributed by atoms with Crippen LogP contribution in [0.3, 0.4) is 0 Å². The van der Waals surface area contributed by atoms with Crippen LogP contribution in [0.1, 0.15) is 11.4 Å². The topological polar surface area (TPSA) is 56.2 Å². The largest absolute Gasteiger partial charge is 0.396 e. The Morgan fingerprint density at radius 3 is 2.74 bits per heavy atom. The van der Waals surface area contributed by atoms with Crippen LogP contribution in [0, 0.1) is 5.82 Å². The van der Waals surface area contributed by atoms with Crippen LogP contribution in [-0.2, 0) is 12.8 Å². The number of halogens is 1. The molecule has 0 aliphatic rings. The third kappa shape index (κ3) is 2.40. The summed E-state index contributed by atoms with van der Waals surface area (Å²) in [7, 11) is 0. The Kier molecular flexibility index (Phi) is 2.87. The molecule has 96 valence electrons. The number of fused-ring (bicyclic) bond motifs is 1. The zero-order chi connectivity index (χ0) is 13.2. The molecule has 0 amide bonds. The van der Waals surface area contributed by atoms with E-state index in [0.29, 0.717) is 23.6 Å². The SMILES string of the molecule is Nc1cc(F)cn2nc(CCc3ccccc3)nc12. The minimum atomic E-state index is -0.412. The van der Waals surface area contributed by atoms with Gasteiger partial charge in [0.1, 0.15) is 5.82 Å². The molecule has 0 bridgehead atoms. The van der Waals surface area contributed by atoms with Gasteiger partial charge >= 0.3 is 0 Å². The first-order valence-electron chi connectivity index (χ1n) is 6.06. The van der Waals surface area contributed by atoms with E-state index in [-0.39, 0.29) is 0 Å². The molecule has 3 aromatic rings. The van der Waals surface area contributed by atoms with Gasteiger partial charge in [-0.1, -0.05) is 30.3 Å². The van der Waals surface area contributed by atoms with E-state index in [1.165, 1.54) is 22.3 Å². The molecule has 0 aliphatic heterocycles. The molecule has 0 fully saturated rings. The molecular weight excluding hydrogens is 243 g/mol. The lowest BCUT2D eigenvalue weighted by atomic mass is 10.1. The van der Waals surface area contributed by atoms with Crippen molar-refractivity contribution in [2.24, 2.45) is 0 Å². The maximum absolute atomic E-state index is 13.2. The van der Waals surface area contributed by atoms with Crippen LogP contribution in [-0.4, -0.2) is 14.6 Å². The number of anilines is 1. The Morgan fingerprint density at radius 1 is 1.16 bits per heavy atom. The van der Waals surface area contributed by atoms with Crippen molar-refractivity contribution in [2.45, 2.75) is 12.8 Å². The van der Waals surface area contributed by atoms with Gasteiger partial charge in [0.05, 0.1) is 11.9 Å². The van der Waals surface area contributed by atoms with Crippen LogP contribution < -0.4 is 5.73 Å². The summed E-state index contributed by atoms with van der Waals surface area (Å²) < 4.78 is 14.6. The maximum Gasteiger partial charge on any atom is 0.178 e. The molecule has 19 heavy (non-hydrogen) atoms. The summed E-state index contributed by atoms with van der Waals surface area (Å²) in [5, 5.41) is 4.24. The van der Waals surface area contributed by atoms with Crippen molar-refractivity contribution in [2.75, 3.05) is 5.73 Å². The molecule has 0 saturated heterocycles. The molecule has 2 heterocycles. The molecule has 0 unspecified atom stereocenters. The fourth-order valence-corrected chi connectivity index (χ4v) is 2.03. The average Bonchev–Trinajstić information content (AvgIpc) is 2.81. The third-order valence-corrected chi connectivity index (χ3v) is 2.95. The van der Waals surface area contributed by atoms with Crippen LogP contribution in [0.2, 0.25) is 0 Å². The first-order valence-corrected chi connectivity index (χ1v) is 6.06. The zero-order valence-corrected chi connectivity index (χ0v) is 10.3. The number of nitrogen functional groups attached to an aromatic ring is 1. The maximum atomic E-state index is 13.2. The summed E-state index contributed by atoms with van der Waals surface area (Å²) in [6, 6.07) is 11.4. The van der Waals surface area contributed by atoms with Gasteiger partial charge in [0, 0.05) is 12.5 Å². The molecule has 2 N–H and O–H groups in total. The summed E-state index contributed by atoms with van der Waals surface area (Å²) in [5.74, 6) is 0.255. The van der Waals surface area contributed by atoms with Gasteiger partial charge in [-0.25, -0.2) is 13.9 Å². The Labute approximate surface area is 109 Å². The highest BCUT2D eigenvalue weighted by molar-refractivity contribution is 5.63. The Balaban J connectivity index is 1.84. The highest BCUT2D eigenvalue weighted by Gasteiger charge is 2.08. The lowest BCUT2D eigenvalue weighted by molar-refractivity contribution is 0.615. The summed E-state index contributed by atoms with van der Waals surface area (Å²) in [5.41, 5.74) is 7.75. The van der Waals surface area contributed by atoms with E-state index in [4.69, 9.17) is 5.73 Å². The second-order valence-corrected chi connectivity index (χ2v) is 4.40. The minimum Gasteiger partial charge on any atom is -0.396 e. The van der Waals surface area contributed by atoms with Gasteiger partial charge < -0.3 is 5.73 Å². The molecule has 0 spiro atoms. The van der Waals surface area contributed by atoms with Gasteiger partial charge in [-0.2, -0.15) is 5.10 Å². The second-order valence-electron chi connectivity index (χ2n) is 4.40. The zero-order valence-electron chi connectivity index (χ0n) is 10.3. The first kappa shape index (κ1) is 11.6. The highest BCUT2D eigenvalue weighted by atomic mass is 19.1. The van der Waals surface area contributed by atoms with Crippen molar-refractivity contribution in [3.8, 4) is 0 Å². The molecule has 2 aromatic heterocycles. The van der Waals surface area contributed by atoms with Crippen LogP contribution in [0.4, 0.5) is 10.1 Å². The lowest BCUT2D eigenvalue weighted by Crippen LogP contribution is -1.96. The molecule has 0 aliphatic carbocycles. The molecule has 4 nitrogen and oxygen atoms in total. The van der Waals surface area contributed by atoms with E-state index in [1.54, 1.807) is 0 Å². The Morgan fingerprint density at radius 2 is 1.95 bits per heavy atom. The summed E-state index contributed by atoms with van der Waals surface area (Å²) >= 11 is 0. The van der Waals surface area contributed by atoms with E-state index in [9.17, 15) is 4.39 Å². The van der Waals surface area contributed by atoms with Crippen LogP contribution >= 0.6 is 0 Å². The molecule has 1 aromatic carbocycles. The summed E-state index contributed by atoms with van der Waals surface area (Å²) in [4.78, 5) is 4.33. The van der Waals surface area contributed by atoms with Gasteiger partial charge in [0.15, 0.2) is 11.5 Å². The number of hydrogen-bond donors (Lipinski definition) is 1. The Bertz CT molecular complexity index is 706. The monoisotopic (exact) mass is 256 g/mol. The van der Waals surface area contributed by atoms with Crippen molar-refractivity contribution in [3.63, 3.8) is 0 Å². The van der Waals surface area contributed by atoms with Crippen molar-refractivity contribution >= 4 is 11.3 Å². The lowest BCUT2D eigenvalue weighted by Gasteiger charge is -1.96. The Hall–Kier alpha value is -2.43. The number of rotatable bonds is 3. The van der Waals surface area contributed by atoms with Crippen LogP contribution in [0.25, 0.3) is 5.65 Å². The van der Waals surface area contributed by atoms with Crippen LogP contribution in [0.15, 0.2) is 42.6 Å². The van der Waals surface area contributed by atoms with E-state index in [2.05, 4.69) is 22.2 Å². The fraction of sp³-hybridized carbons (Fsp3) is 0.143. The number of pyridine rings is 1. The summed E-state index contributed by atoms with van der Waals surface area (Å²) in [6.07, 6.45) is 2.83. The average molecular weight is 256 g/mol. The van der Waals surface area contributed by atoms with Gasteiger partial charge in [-0.05, 0) is 12.0 Å². The van der Waals surface area contributed by atoms with Crippen LogP contribution in [0.5, 0.6) is 0 Å². The molecular formula is C14H13FN4. The molecule has 0 atom stereocenters. The highest BCUT2D eigenvalue weighted by Crippen LogP contribution is 2.14. The molecule has 0 radical (unpaired) electrons. The quantitative estimate of drug-likeness (QED) is 0.781. The van der Waals surface area contributed by atoms with Crippen molar-refractivity contribution in [1.82, 2.24) is 14.6 Å². The number of aryl methyl sites for hydroxylation is 2. The number of nitrogens with two attached hydrogens (primary N) is 1.